The van der Waals surface area contributed by atoms with Crippen molar-refractivity contribution in [1.29, 1.82) is 0 Å². The summed E-state index contributed by atoms with van der Waals surface area (Å²) in [4.78, 5) is 61.2. The highest BCUT2D eigenvalue weighted by Crippen LogP contribution is 2.40. The molecule has 2 aromatic carbocycles. The molecule has 0 heterocycles. The monoisotopic (exact) mass is 557 g/mol. The number of unbranched alkanes of at least 4 members (excludes halogenated alkanes) is 3. The van der Waals surface area contributed by atoms with Crippen LogP contribution in [0.4, 0.5) is 5.69 Å². The van der Waals surface area contributed by atoms with Crippen LogP contribution in [-0.4, -0.2) is 28.8 Å². The van der Waals surface area contributed by atoms with Crippen LogP contribution in [0.3, 0.4) is 0 Å². The Morgan fingerprint density at radius 2 is 1.23 bits per heavy atom. The fraction of sp³-hybridized carbons (Fsp3) is 0.448. The second-order valence-electron chi connectivity index (χ2n) is 9.00. The first-order valence-corrected chi connectivity index (χ1v) is 13.4. The normalized spacial score (nSPS) is 10.5. The molecular formula is C29H35NO10. The fourth-order valence-electron chi connectivity index (χ4n) is 3.46. The second kappa shape index (κ2) is 16.6. The van der Waals surface area contributed by atoms with E-state index in [0.717, 1.165) is 31.4 Å². The van der Waals surface area contributed by atoms with E-state index in [9.17, 15) is 29.3 Å². The van der Waals surface area contributed by atoms with Crippen LogP contribution >= 0.6 is 0 Å². The summed E-state index contributed by atoms with van der Waals surface area (Å²) >= 11 is 0. The van der Waals surface area contributed by atoms with E-state index in [1.54, 1.807) is 6.07 Å². The molecule has 2 rings (SSSR count). The molecule has 40 heavy (non-hydrogen) atoms. The summed E-state index contributed by atoms with van der Waals surface area (Å²) in [7, 11) is 0. The van der Waals surface area contributed by atoms with Crippen molar-refractivity contribution in [3.63, 3.8) is 0 Å². The minimum Gasteiger partial charge on any atom is -0.457 e. The van der Waals surface area contributed by atoms with Gasteiger partial charge >= 0.3 is 23.9 Å². The van der Waals surface area contributed by atoms with Gasteiger partial charge in [-0.25, -0.2) is 4.79 Å². The van der Waals surface area contributed by atoms with E-state index in [1.807, 2.05) is 20.8 Å². The van der Waals surface area contributed by atoms with Gasteiger partial charge in [-0.15, -0.1) is 0 Å². The summed E-state index contributed by atoms with van der Waals surface area (Å²) in [5.41, 5.74) is -0.232. The lowest BCUT2D eigenvalue weighted by Crippen LogP contribution is -2.16. The van der Waals surface area contributed by atoms with E-state index in [2.05, 4.69) is 0 Å². The van der Waals surface area contributed by atoms with E-state index in [-0.39, 0.29) is 53.3 Å². The van der Waals surface area contributed by atoms with Crippen LogP contribution in [0.25, 0.3) is 0 Å². The lowest BCUT2D eigenvalue weighted by molar-refractivity contribution is -0.385. The van der Waals surface area contributed by atoms with Gasteiger partial charge in [0.05, 0.1) is 16.1 Å². The molecular weight excluding hydrogens is 522 g/mol. The number of carbonyl (C=O) groups excluding carboxylic acids is 4. The first-order valence-electron chi connectivity index (χ1n) is 13.4. The Bertz CT molecular complexity index is 1160. The van der Waals surface area contributed by atoms with Gasteiger partial charge in [-0.1, -0.05) is 52.2 Å². The summed E-state index contributed by atoms with van der Waals surface area (Å²) in [5, 5.41) is 11.3. The number of hydrogen-bond acceptors (Lipinski definition) is 10. The highest BCUT2D eigenvalue weighted by Gasteiger charge is 2.25. The summed E-state index contributed by atoms with van der Waals surface area (Å²) in [6.45, 7) is 5.28. The second-order valence-corrected chi connectivity index (χ2v) is 9.00. The molecule has 0 unspecified atom stereocenters. The summed E-state index contributed by atoms with van der Waals surface area (Å²) in [6.07, 6.45) is 4.03. The number of hydrogen-bond donors (Lipinski definition) is 0. The third kappa shape index (κ3) is 10.1. The molecule has 216 valence electrons. The third-order valence-electron chi connectivity index (χ3n) is 5.67. The lowest BCUT2D eigenvalue weighted by atomic mass is 10.1. The highest BCUT2D eigenvalue weighted by molar-refractivity contribution is 5.92. The number of ether oxygens (including phenoxy) is 4. The highest BCUT2D eigenvalue weighted by atomic mass is 16.6. The number of carbonyl (C=O) groups is 4. The fourth-order valence-corrected chi connectivity index (χ4v) is 3.46. The molecule has 0 aliphatic carbocycles. The van der Waals surface area contributed by atoms with Crippen molar-refractivity contribution in [2.24, 2.45) is 0 Å². The van der Waals surface area contributed by atoms with Gasteiger partial charge in [-0.2, -0.15) is 0 Å². The van der Waals surface area contributed by atoms with Crippen LogP contribution in [0, 0.1) is 10.1 Å². The Morgan fingerprint density at radius 3 is 1.70 bits per heavy atom. The van der Waals surface area contributed by atoms with Gasteiger partial charge in [0.25, 0.3) is 5.69 Å². The quantitative estimate of drug-likeness (QED) is 0.100. The minimum atomic E-state index is -0.932. The number of rotatable bonds is 16. The molecule has 0 bridgehead atoms. The molecule has 0 aliphatic rings. The molecule has 0 aliphatic heterocycles. The van der Waals surface area contributed by atoms with Crippen molar-refractivity contribution in [2.45, 2.75) is 85.2 Å². The number of para-hydroxylation sites is 1. The van der Waals surface area contributed by atoms with Crippen LogP contribution in [0.15, 0.2) is 36.4 Å². The third-order valence-corrected chi connectivity index (χ3v) is 5.67. The van der Waals surface area contributed by atoms with Gasteiger partial charge < -0.3 is 18.9 Å². The molecule has 0 aromatic heterocycles. The van der Waals surface area contributed by atoms with Gasteiger partial charge in [0.1, 0.15) is 6.61 Å². The molecule has 0 atom stereocenters. The maximum absolute atomic E-state index is 13.0. The Hall–Kier alpha value is -4.28. The molecule has 11 nitrogen and oxygen atoms in total. The van der Waals surface area contributed by atoms with Crippen LogP contribution in [0.5, 0.6) is 17.2 Å². The number of esters is 4. The number of nitrogens with zero attached hydrogens (tertiary/aromatic N) is 1. The number of benzene rings is 2. The maximum Gasteiger partial charge on any atom is 0.338 e. The van der Waals surface area contributed by atoms with E-state index in [1.165, 1.54) is 18.2 Å². The Balaban J connectivity index is 2.48. The predicted octanol–water partition coefficient (Wildman–Crippen LogP) is 6.24. The zero-order chi connectivity index (χ0) is 29.5. The predicted molar refractivity (Wildman–Crippen MR) is 144 cm³/mol. The van der Waals surface area contributed by atoms with E-state index >= 15 is 0 Å². The maximum atomic E-state index is 13.0. The standard InChI is InChI=1S/C29H35NO10/c1-4-7-14-25(31)38-23-17-21(29(34)37-19-20-12-10-11-13-22(20)30(35)36)18-24(39-26(32)15-8-5-2)28(23)40-27(33)16-9-6-3/h10-13,17-18H,4-9,14-16,19H2,1-3H3. The van der Waals surface area contributed by atoms with Crippen LogP contribution in [-0.2, 0) is 25.7 Å². The lowest BCUT2D eigenvalue weighted by Gasteiger charge is -2.16. The number of nitro benzene ring substituents is 1. The topological polar surface area (TPSA) is 148 Å². The smallest absolute Gasteiger partial charge is 0.338 e. The van der Waals surface area contributed by atoms with Gasteiger partial charge in [-0.3, -0.25) is 24.5 Å². The van der Waals surface area contributed by atoms with Crippen LogP contribution in [0.2, 0.25) is 0 Å². The molecule has 0 saturated heterocycles. The summed E-state index contributed by atoms with van der Waals surface area (Å²) in [6, 6.07) is 8.09. The Labute approximate surface area is 232 Å². The van der Waals surface area contributed by atoms with Crippen LogP contribution < -0.4 is 14.2 Å². The Morgan fingerprint density at radius 1 is 0.750 bits per heavy atom. The molecule has 0 spiro atoms. The van der Waals surface area contributed by atoms with Gasteiger partial charge in [-0.05, 0) is 37.5 Å². The van der Waals surface area contributed by atoms with E-state index in [0.29, 0.717) is 19.3 Å². The molecule has 11 heteroatoms. The average molecular weight is 558 g/mol. The molecule has 0 saturated carbocycles. The summed E-state index contributed by atoms with van der Waals surface area (Å²) in [5.74, 6) is -3.72. The zero-order valence-electron chi connectivity index (χ0n) is 23.1. The molecule has 0 N–H and O–H groups in total. The van der Waals surface area contributed by atoms with Crippen molar-refractivity contribution in [1.82, 2.24) is 0 Å². The van der Waals surface area contributed by atoms with E-state index in [4.69, 9.17) is 18.9 Å². The molecule has 0 amide bonds. The van der Waals surface area contributed by atoms with Crippen molar-refractivity contribution in [3.05, 3.63) is 57.6 Å². The molecule has 2 aromatic rings. The average Bonchev–Trinajstić information content (AvgIpc) is 2.93. The van der Waals surface area contributed by atoms with Crippen molar-refractivity contribution < 1.29 is 43.0 Å². The summed E-state index contributed by atoms with van der Waals surface area (Å²) < 4.78 is 21.7. The number of nitro groups is 1. The van der Waals surface area contributed by atoms with Crippen molar-refractivity contribution in [3.8, 4) is 17.2 Å². The van der Waals surface area contributed by atoms with E-state index < -0.39 is 35.4 Å². The molecule has 0 radical (unpaired) electrons. The van der Waals surface area contributed by atoms with Gasteiger partial charge in [0, 0.05) is 25.3 Å². The molecule has 0 fully saturated rings. The SMILES string of the molecule is CCCCC(=O)Oc1cc(C(=O)OCc2ccccc2[N+](=O)[O-])cc(OC(=O)CCCC)c1OC(=O)CCCC. The first kappa shape index (κ1) is 31.9. The first-order chi connectivity index (χ1) is 19.2. The van der Waals surface area contributed by atoms with Crippen molar-refractivity contribution >= 4 is 29.6 Å². The van der Waals surface area contributed by atoms with Crippen molar-refractivity contribution in [2.75, 3.05) is 0 Å². The van der Waals surface area contributed by atoms with Crippen LogP contribution in [0.1, 0.15) is 94.5 Å². The Kier molecular flexibility index (Phi) is 13.3. The minimum absolute atomic E-state index is 0.0672. The van der Waals surface area contributed by atoms with Gasteiger partial charge in [0.15, 0.2) is 11.5 Å². The largest absolute Gasteiger partial charge is 0.457 e. The van der Waals surface area contributed by atoms with Gasteiger partial charge in [0.2, 0.25) is 5.75 Å². The zero-order valence-corrected chi connectivity index (χ0v) is 23.1.